The molecule has 0 radical (unpaired) electrons. The van der Waals surface area contributed by atoms with E-state index < -0.39 is 0 Å². The van der Waals surface area contributed by atoms with Gasteiger partial charge in [0, 0.05) is 36.7 Å². The molecular formula is C20H21N3. The number of pyridine rings is 1. The molecular weight excluding hydrogens is 282 g/mol. The molecule has 0 amide bonds. The smallest absolute Gasteiger partial charge is 0.0938 e. The number of aromatic nitrogens is 1. The standard InChI is InChI=1S/C11H14N2.C9H7N/c1-10-3-5-11(6-4-10)13-8-7-12(2)9-13;1-2-6-9-8(4-1)5-3-7-10-9/h3-8H,9H2,1-2H3;1-7H. The Morgan fingerprint density at radius 3 is 2.30 bits per heavy atom. The molecule has 0 N–H and O–H groups in total. The Morgan fingerprint density at radius 2 is 1.61 bits per heavy atom. The summed E-state index contributed by atoms with van der Waals surface area (Å²) < 4.78 is 0. The Labute approximate surface area is 137 Å². The molecule has 1 aliphatic heterocycles. The van der Waals surface area contributed by atoms with Crippen molar-refractivity contribution in [3.8, 4) is 0 Å². The minimum Gasteiger partial charge on any atom is -0.361 e. The predicted molar refractivity (Wildman–Crippen MR) is 97.2 cm³/mol. The first-order valence-electron chi connectivity index (χ1n) is 7.74. The van der Waals surface area contributed by atoms with Gasteiger partial charge in [0.05, 0.1) is 12.2 Å². The first-order chi connectivity index (χ1) is 11.2. The fourth-order valence-corrected chi connectivity index (χ4v) is 2.45. The van der Waals surface area contributed by atoms with Crippen LogP contribution in [0.2, 0.25) is 0 Å². The van der Waals surface area contributed by atoms with Crippen LogP contribution in [0.25, 0.3) is 10.9 Å². The molecule has 0 unspecified atom stereocenters. The van der Waals surface area contributed by atoms with Crippen LogP contribution in [-0.2, 0) is 0 Å². The Balaban J connectivity index is 0.000000140. The second-order valence-corrected chi connectivity index (χ2v) is 5.70. The van der Waals surface area contributed by atoms with Gasteiger partial charge in [0.15, 0.2) is 0 Å². The van der Waals surface area contributed by atoms with Crippen LogP contribution < -0.4 is 4.90 Å². The van der Waals surface area contributed by atoms with E-state index in [1.54, 1.807) is 0 Å². The van der Waals surface area contributed by atoms with Gasteiger partial charge in [0.25, 0.3) is 0 Å². The number of para-hydroxylation sites is 1. The van der Waals surface area contributed by atoms with E-state index in [2.05, 4.69) is 77.6 Å². The van der Waals surface area contributed by atoms with Gasteiger partial charge in [0.2, 0.25) is 0 Å². The monoisotopic (exact) mass is 303 g/mol. The highest BCUT2D eigenvalue weighted by Gasteiger charge is 2.09. The summed E-state index contributed by atoms with van der Waals surface area (Å²) in [6, 6.07) is 20.7. The van der Waals surface area contributed by atoms with Crippen molar-refractivity contribution in [2.24, 2.45) is 0 Å². The summed E-state index contributed by atoms with van der Waals surface area (Å²) in [5.74, 6) is 0. The van der Waals surface area contributed by atoms with Crippen molar-refractivity contribution in [2.75, 3.05) is 18.6 Å². The molecule has 4 rings (SSSR count). The Bertz CT molecular complexity index is 728. The fraction of sp³-hybridized carbons (Fsp3) is 0.150. The number of fused-ring (bicyclic) bond motifs is 1. The predicted octanol–water partition coefficient (Wildman–Crippen LogP) is 4.41. The van der Waals surface area contributed by atoms with Crippen LogP contribution in [0.1, 0.15) is 5.56 Å². The summed E-state index contributed by atoms with van der Waals surface area (Å²) in [5, 5.41) is 1.20. The second kappa shape index (κ2) is 6.97. The minimum atomic E-state index is 0.947. The third-order valence-corrected chi connectivity index (χ3v) is 3.75. The molecule has 0 fully saturated rings. The zero-order valence-corrected chi connectivity index (χ0v) is 13.6. The Hall–Kier alpha value is -2.81. The molecule has 0 atom stereocenters. The highest BCUT2D eigenvalue weighted by atomic mass is 15.3. The molecule has 2 aromatic carbocycles. The van der Waals surface area contributed by atoms with Crippen LogP contribution in [0.5, 0.6) is 0 Å². The van der Waals surface area contributed by atoms with E-state index in [1.165, 1.54) is 16.6 Å². The van der Waals surface area contributed by atoms with E-state index >= 15 is 0 Å². The molecule has 3 heteroatoms. The maximum absolute atomic E-state index is 4.18. The summed E-state index contributed by atoms with van der Waals surface area (Å²) in [4.78, 5) is 8.56. The highest BCUT2D eigenvalue weighted by molar-refractivity contribution is 5.77. The fourth-order valence-electron chi connectivity index (χ4n) is 2.45. The lowest BCUT2D eigenvalue weighted by molar-refractivity contribution is 0.496. The van der Waals surface area contributed by atoms with Crippen molar-refractivity contribution < 1.29 is 0 Å². The molecule has 3 nitrogen and oxygen atoms in total. The molecule has 23 heavy (non-hydrogen) atoms. The van der Waals surface area contributed by atoms with Crippen molar-refractivity contribution in [1.82, 2.24) is 9.88 Å². The van der Waals surface area contributed by atoms with Gasteiger partial charge in [-0.05, 0) is 31.2 Å². The largest absolute Gasteiger partial charge is 0.361 e. The zero-order valence-electron chi connectivity index (χ0n) is 13.6. The highest BCUT2D eigenvalue weighted by Crippen LogP contribution is 2.18. The average Bonchev–Trinajstić information content (AvgIpc) is 3.03. The molecule has 116 valence electrons. The SMILES string of the molecule is Cc1ccc(N2C=CN(C)C2)cc1.c1ccc2ncccc2c1. The molecule has 0 saturated heterocycles. The topological polar surface area (TPSA) is 19.4 Å². The third kappa shape index (κ3) is 3.89. The maximum atomic E-state index is 4.18. The van der Waals surface area contributed by atoms with E-state index in [0.717, 1.165) is 12.2 Å². The average molecular weight is 303 g/mol. The van der Waals surface area contributed by atoms with Crippen LogP contribution in [-0.4, -0.2) is 23.6 Å². The number of aryl methyl sites for hydroxylation is 1. The van der Waals surface area contributed by atoms with Crippen LogP contribution in [0.3, 0.4) is 0 Å². The molecule has 1 aliphatic rings. The molecule has 0 aliphatic carbocycles. The van der Waals surface area contributed by atoms with Crippen LogP contribution in [0.15, 0.2) is 79.3 Å². The number of hydrogen-bond donors (Lipinski definition) is 0. The van der Waals surface area contributed by atoms with E-state index in [9.17, 15) is 0 Å². The van der Waals surface area contributed by atoms with E-state index in [1.807, 2.05) is 30.5 Å². The van der Waals surface area contributed by atoms with Gasteiger partial charge < -0.3 is 9.80 Å². The van der Waals surface area contributed by atoms with Crippen LogP contribution >= 0.6 is 0 Å². The Kier molecular flexibility index (Phi) is 4.57. The molecule has 0 saturated carbocycles. The van der Waals surface area contributed by atoms with Gasteiger partial charge in [-0.15, -0.1) is 0 Å². The van der Waals surface area contributed by atoms with Gasteiger partial charge in [-0.3, -0.25) is 4.98 Å². The normalized spacial score (nSPS) is 13.1. The van der Waals surface area contributed by atoms with E-state index in [4.69, 9.17) is 0 Å². The number of nitrogens with zero attached hydrogens (tertiary/aromatic N) is 3. The summed E-state index contributed by atoms with van der Waals surface area (Å²) in [5.41, 5.74) is 3.62. The van der Waals surface area contributed by atoms with Gasteiger partial charge in [-0.2, -0.15) is 0 Å². The van der Waals surface area contributed by atoms with Gasteiger partial charge >= 0.3 is 0 Å². The van der Waals surface area contributed by atoms with Crippen molar-refractivity contribution in [1.29, 1.82) is 0 Å². The minimum absolute atomic E-state index is 0.947. The van der Waals surface area contributed by atoms with Crippen molar-refractivity contribution >= 4 is 16.6 Å². The molecule has 2 heterocycles. The summed E-state index contributed by atoms with van der Waals surface area (Å²) in [7, 11) is 2.07. The number of anilines is 1. The number of hydrogen-bond acceptors (Lipinski definition) is 3. The lowest BCUT2D eigenvalue weighted by Gasteiger charge is -2.18. The first-order valence-corrected chi connectivity index (χ1v) is 7.74. The summed E-state index contributed by atoms with van der Waals surface area (Å²) in [6.45, 7) is 3.05. The molecule has 0 spiro atoms. The lowest BCUT2D eigenvalue weighted by Crippen LogP contribution is -2.21. The van der Waals surface area contributed by atoms with Gasteiger partial charge in [0.1, 0.15) is 0 Å². The molecule has 0 bridgehead atoms. The quantitative estimate of drug-likeness (QED) is 0.664. The van der Waals surface area contributed by atoms with Crippen molar-refractivity contribution in [3.05, 3.63) is 84.8 Å². The summed E-state index contributed by atoms with van der Waals surface area (Å²) >= 11 is 0. The molecule has 3 aromatic rings. The van der Waals surface area contributed by atoms with Gasteiger partial charge in [-0.25, -0.2) is 0 Å². The summed E-state index contributed by atoms with van der Waals surface area (Å²) in [6.07, 6.45) is 5.99. The number of benzene rings is 2. The van der Waals surface area contributed by atoms with Gasteiger partial charge in [-0.1, -0.05) is 42.0 Å². The first kappa shape index (κ1) is 15.1. The van der Waals surface area contributed by atoms with Crippen LogP contribution in [0, 0.1) is 6.92 Å². The maximum Gasteiger partial charge on any atom is 0.0938 e. The molecule has 1 aromatic heterocycles. The second-order valence-electron chi connectivity index (χ2n) is 5.70. The zero-order chi connectivity index (χ0) is 16.1. The third-order valence-electron chi connectivity index (χ3n) is 3.75. The van der Waals surface area contributed by atoms with E-state index in [0.29, 0.717) is 0 Å². The van der Waals surface area contributed by atoms with Crippen molar-refractivity contribution in [3.63, 3.8) is 0 Å². The number of rotatable bonds is 1. The lowest BCUT2D eigenvalue weighted by atomic mass is 10.2. The van der Waals surface area contributed by atoms with Crippen molar-refractivity contribution in [2.45, 2.75) is 6.92 Å². The van der Waals surface area contributed by atoms with E-state index in [-0.39, 0.29) is 0 Å². The Morgan fingerprint density at radius 1 is 0.870 bits per heavy atom. The van der Waals surface area contributed by atoms with Crippen LogP contribution in [0.4, 0.5) is 5.69 Å².